The van der Waals surface area contributed by atoms with Gasteiger partial charge in [0.1, 0.15) is 6.10 Å². The van der Waals surface area contributed by atoms with Gasteiger partial charge >= 0.3 is 0 Å². The molecule has 6 nitrogen and oxygen atoms in total. The lowest BCUT2D eigenvalue weighted by atomic mass is 9.99. The monoisotopic (exact) mass is 352 g/mol. The number of hydrogen-bond acceptors (Lipinski definition) is 5. The van der Waals surface area contributed by atoms with Crippen LogP contribution in [0.4, 0.5) is 5.69 Å². The minimum Gasteiger partial charge on any atom is -0.388 e. The maximum absolute atomic E-state index is 10.1. The van der Waals surface area contributed by atoms with Crippen LogP contribution in [-0.4, -0.2) is 13.5 Å². The minimum atomic E-state index is -0.321. The summed E-state index contributed by atoms with van der Waals surface area (Å²) < 4.78 is 0. The van der Waals surface area contributed by atoms with Crippen molar-refractivity contribution in [3.63, 3.8) is 0 Å². The van der Waals surface area contributed by atoms with Crippen LogP contribution in [0.25, 0.3) is 6.08 Å². The molecule has 26 heavy (non-hydrogen) atoms. The molecule has 1 unspecified atom stereocenters. The second-order valence-corrected chi connectivity index (χ2v) is 5.68. The number of amides is 1. The van der Waals surface area contributed by atoms with Gasteiger partial charge in [0.2, 0.25) is 6.41 Å². The van der Waals surface area contributed by atoms with E-state index < -0.39 is 0 Å². The zero-order valence-electron chi connectivity index (χ0n) is 14.9. The van der Waals surface area contributed by atoms with Crippen LogP contribution < -0.4 is 22.1 Å². The Balaban J connectivity index is 2.11. The highest BCUT2D eigenvalue weighted by Gasteiger charge is 2.13. The Morgan fingerprint density at radius 2 is 1.65 bits per heavy atom. The fourth-order valence-electron chi connectivity index (χ4n) is 2.51. The van der Waals surface area contributed by atoms with Crippen molar-refractivity contribution in [2.45, 2.75) is 13.0 Å². The molecule has 0 saturated heterocycles. The van der Waals surface area contributed by atoms with Gasteiger partial charge in [-0.05, 0) is 47.4 Å². The fraction of sp³-hybridized carbons (Fsp3) is 0.150. The summed E-state index contributed by atoms with van der Waals surface area (Å²) in [4.78, 5) is 15.3. The molecule has 0 aliphatic carbocycles. The number of nitrogens with one attached hydrogen (secondary N) is 3. The first-order valence-corrected chi connectivity index (χ1v) is 8.20. The Morgan fingerprint density at radius 1 is 1.04 bits per heavy atom. The highest BCUT2D eigenvalue weighted by atomic mass is 16.6. The predicted octanol–water partition coefficient (Wildman–Crippen LogP) is 2.88. The molecule has 0 heterocycles. The number of allylic oxidation sites excluding steroid dienone is 2. The first-order valence-electron chi connectivity index (χ1n) is 8.20. The van der Waals surface area contributed by atoms with E-state index in [9.17, 15) is 4.79 Å². The third-order valence-corrected chi connectivity index (χ3v) is 3.84. The lowest BCUT2D eigenvalue weighted by Gasteiger charge is -2.16. The van der Waals surface area contributed by atoms with Crippen LogP contribution in [0.15, 0.2) is 66.4 Å². The molecular weight excluding hydrogens is 328 g/mol. The summed E-state index contributed by atoms with van der Waals surface area (Å²) in [5.74, 6) is 5.53. The quantitative estimate of drug-likeness (QED) is 0.241. The third-order valence-electron chi connectivity index (χ3n) is 3.84. The fourth-order valence-corrected chi connectivity index (χ4v) is 2.51. The Bertz CT molecular complexity index is 752. The normalized spacial score (nSPS) is 12.7. The van der Waals surface area contributed by atoms with Crippen LogP contribution in [0.2, 0.25) is 0 Å². The van der Waals surface area contributed by atoms with Gasteiger partial charge < -0.3 is 10.7 Å². The van der Waals surface area contributed by atoms with Crippen molar-refractivity contribution < 1.29 is 9.63 Å². The van der Waals surface area contributed by atoms with E-state index >= 15 is 0 Å². The Labute approximate surface area is 153 Å². The summed E-state index contributed by atoms with van der Waals surface area (Å²) in [6.45, 7) is 1.97. The minimum absolute atomic E-state index is 0.321. The molecule has 1 amide bonds. The van der Waals surface area contributed by atoms with Crippen molar-refractivity contribution in [2.24, 2.45) is 5.90 Å². The standard InChI is InChI=1S/C20H24N4O2/c1-15(11-12-23-24-14-25)13-16-3-5-17(6-4-16)20(26-21)18-7-9-19(22-2)10-8-18/h3-14,20,22-23H,21H2,1-2H3,(H,24,25)/b12-11+,15-13-. The summed E-state index contributed by atoms with van der Waals surface area (Å²) in [5.41, 5.74) is 10.1. The van der Waals surface area contributed by atoms with Crippen LogP contribution in [-0.2, 0) is 9.63 Å². The van der Waals surface area contributed by atoms with Gasteiger partial charge in [-0.25, -0.2) is 5.90 Å². The third kappa shape index (κ3) is 5.47. The zero-order valence-corrected chi connectivity index (χ0v) is 14.9. The van der Waals surface area contributed by atoms with E-state index in [1.807, 2.05) is 74.7 Å². The van der Waals surface area contributed by atoms with E-state index in [-0.39, 0.29) is 6.10 Å². The topological polar surface area (TPSA) is 88.4 Å². The first kappa shape index (κ1) is 19.2. The molecule has 0 saturated carbocycles. The lowest BCUT2D eigenvalue weighted by molar-refractivity contribution is -0.110. The number of carbonyl (C=O) groups is 1. The largest absolute Gasteiger partial charge is 0.388 e. The van der Waals surface area contributed by atoms with Gasteiger partial charge in [0.15, 0.2) is 0 Å². The SMILES string of the molecule is CNc1ccc(C(ON)c2ccc(/C=C(C)\C=C\NNC=O)cc2)cc1. The first-order chi connectivity index (χ1) is 12.7. The molecule has 6 heteroatoms. The smallest absolute Gasteiger partial charge is 0.225 e. The summed E-state index contributed by atoms with van der Waals surface area (Å²) >= 11 is 0. The van der Waals surface area contributed by atoms with Gasteiger partial charge in [0.25, 0.3) is 0 Å². The highest BCUT2D eigenvalue weighted by Crippen LogP contribution is 2.26. The number of carbonyl (C=O) groups excluding carboxylic acids is 1. The van der Waals surface area contributed by atoms with Crippen molar-refractivity contribution in [3.05, 3.63) is 83.1 Å². The Hall–Kier alpha value is -3.09. The van der Waals surface area contributed by atoms with Crippen LogP contribution >= 0.6 is 0 Å². The number of anilines is 1. The molecule has 0 fully saturated rings. The molecule has 2 aromatic rings. The number of benzene rings is 2. The average Bonchev–Trinajstić information content (AvgIpc) is 2.68. The molecule has 1 atom stereocenters. The number of hydrazine groups is 1. The number of nitrogens with two attached hydrogens (primary N) is 1. The van der Waals surface area contributed by atoms with Crippen molar-refractivity contribution in [1.82, 2.24) is 10.9 Å². The average molecular weight is 352 g/mol. The van der Waals surface area contributed by atoms with Gasteiger partial charge in [0, 0.05) is 18.9 Å². The molecule has 0 aromatic heterocycles. The molecule has 0 spiro atoms. The molecule has 5 N–H and O–H groups in total. The van der Waals surface area contributed by atoms with Crippen molar-refractivity contribution in [1.29, 1.82) is 0 Å². The summed E-state index contributed by atoms with van der Waals surface area (Å²) in [6, 6.07) is 16.0. The Morgan fingerprint density at radius 3 is 2.19 bits per heavy atom. The molecule has 0 radical (unpaired) electrons. The molecule has 0 bridgehead atoms. The van der Waals surface area contributed by atoms with E-state index in [4.69, 9.17) is 10.7 Å². The van der Waals surface area contributed by atoms with Crippen LogP contribution in [0, 0.1) is 0 Å². The summed E-state index contributed by atoms with van der Waals surface area (Å²) in [7, 11) is 1.88. The second kappa shape index (κ2) is 10.0. The molecular formula is C20H24N4O2. The molecule has 2 rings (SSSR count). The molecule has 0 aliphatic heterocycles. The maximum atomic E-state index is 10.1. The summed E-state index contributed by atoms with van der Waals surface area (Å²) in [5, 5.41) is 3.09. The highest BCUT2D eigenvalue weighted by molar-refractivity contribution is 5.56. The van der Waals surface area contributed by atoms with Gasteiger partial charge in [-0.2, -0.15) is 0 Å². The lowest BCUT2D eigenvalue weighted by Crippen LogP contribution is -2.24. The van der Waals surface area contributed by atoms with Crippen molar-refractivity contribution in [3.8, 4) is 0 Å². The van der Waals surface area contributed by atoms with Crippen LogP contribution in [0.3, 0.4) is 0 Å². The molecule has 2 aromatic carbocycles. The number of rotatable bonds is 9. The van der Waals surface area contributed by atoms with E-state index in [2.05, 4.69) is 16.2 Å². The van der Waals surface area contributed by atoms with Gasteiger partial charge in [-0.3, -0.25) is 15.1 Å². The van der Waals surface area contributed by atoms with Gasteiger partial charge in [-0.1, -0.05) is 42.5 Å². The van der Waals surface area contributed by atoms with Crippen molar-refractivity contribution in [2.75, 3.05) is 12.4 Å². The molecule has 0 aliphatic rings. The maximum Gasteiger partial charge on any atom is 0.225 e. The zero-order chi connectivity index (χ0) is 18.8. The second-order valence-electron chi connectivity index (χ2n) is 5.68. The predicted molar refractivity (Wildman–Crippen MR) is 105 cm³/mol. The summed E-state index contributed by atoms with van der Waals surface area (Å²) in [6.07, 6.45) is 5.80. The van der Waals surface area contributed by atoms with Gasteiger partial charge in [-0.15, -0.1) is 0 Å². The van der Waals surface area contributed by atoms with Crippen LogP contribution in [0.1, 0.15) is 29.7 Å². The van der Waals surface area contributed by atoms with E-state index in [0.717, 1.165) is 28.0 Å². The van der Waals surface area contributed by atoms with Crippen LogP contribution in [0.5, 0.6) is 0 Å². The van der Waals surface area contributed by atoms with E-state index in [0.29, 0.717) is 6.41 Å². The molecule has 136 valence electrons. The number of hydrogen-bond donors (Lipinski definition) is 4. The van der Waals surface area contributed by atoms with Gasteiger partial charge in [0.05, 0.1) is 0 Å². The van der Waals surface area contributed by atoms with E-state index in [1.54, 1.807) is 6.20 Å². The van der Waals surface area contributed by atoms with Crippen molar-refractivity contribution >= 4 is 18.2 Å². The van der Waals surface area contributed by atoms with E-state index in [1.165, 1.54) is 0 Å². The Kier molecular flexibility index (Phi) is 7.42.